The Morgan fingerprint density at radius 1 is 1.53 bits per heavy atom. The molecule has 0 bridgehead atoms. The predicted octanol–water partition coefficient (Wildman–Crippen LogP) is 1.43. The van der Waals surface area contributed by atoms with Gasteiger partial charge >= 0.3 is 6.09 Å². The SMILES string of the molecule is CCn1nccc1CNNC(=O)OC(C)(C)C. The molecule has 17 heavy (non-hydrogen) atoms. The first-order chi connectivity index (χ1) is 7.92. The number of amides is 1. The van der Waals surface area contributed by atoms with E-state index in [1.54, 1.807) is 6.20 Å². The fourth-order valence-electron chi connectivity index (χ4n) is 1.31. The number of hydrazine groups is 1. The van der Waals surface area contributed by atoms with Crippen LogP contribution in [0, 0.1) is 0 Å². The van der Waals surface area contributed by atoms with Crippen molar-refractivity contribution in [3.8, 4) is 0 Å². The number of hydrogen-bond donors (Lipinski definition) is 2. The van der Waals surface area contributed by atoms with E-state index in [0.717, 1.165) is 12.2 Å². The second-order valence-corrected chi connectivity index (χ2v) is 4.62. The van der Waals surface area contributed by atoms with Gasteiger partial charge in [0.2, 0.25) is 0 Å². The van der Waals surface area contributed by atoms with E-state index in [9.17, 15) is 4.79 Å². The Morgan fingerprint density at radius 2 is 2.24 bits per heavy atom. The number of nitrogens with zero attached hydrogens (tertiary/aromatic N) is 2. The van der Waals surface area contributed by atoms with Crippen molar-refractivity contribution in [2.45, 2.75) is 46.4 Å². The van der Waals surface area contributed by atoms with Crippen molar-refractivity contribution in [2.24, 2.45) is 0 Å². The van der Waals surface area contributed by atoms with E-state index in [4.69, 9.17) is 4.74 Å². The van der Waals surface area contributed by atoms with Crippen LogP contribution in [-0.2, 0) is 17.8 Å². The summed E-state index contributed by atoms with van der Waals surface area (Å²) in [6.07, 6.45) is 1.24. The van der Waals surface area contributed by atoms with Crippen LogP contribution in [0.5, 0.6) is 0 Å². The summed E-state index contributed by atoms with van der Waals surface area (Å²) in [6, 6.07) is 1.90. The lowest BCUT2D eigenvalue weighted by Gasteiger charge is -2.19. The van der Waals surface area contributed by atoms with Gasteiger partial charge in [0.1, 0.15) is 5.60 Å². The van der Waals surface area contributed by atoms with Crippen LogP contribution in [0.2, 0.25) is 0 Å². The molecule has 0 spiro atoms. The van der Waals surface area contributed by atoms with E-state index in [1.165, 1.54) is 0 Å². The Kier molecular flexibility index (Phi) is 4.51. The maximum Gasteiger partial charge on any atom is 0.422 e. The Labute approximate surface area is 101 Å². The van der Waals surface area contributed by atoms with Gasteiger partial charge in [-0.05, 0) is 33.8 Å². The molecule has 1 rings (SSSR count). The molecule has 1 aromatic rings. The average Bonchev–Trinajstić information content (AvgIpc) is 2.62. The summed E-state index contributed by atoms with van der Waals surface area (Å²) in [5, 5.41) is 4.12. The third-order valence-electron chi connectivity index (χ3n) is 1.96. The number of carbonyl (C=O) groups is 1. The van der Waals surface area contributed by atoms with Crippen molar-refractivity contribution in [2.75, 3.05) is 0 Å². The first-order valence-electron chi connectivity index (χ1n) is 5.65. The minimum atomic E-state index is -0.489. The number of ether oxygens (including phenoxy) is 1. The lowest BCUT2D eigenvalue weighted by atomic mass is 10.2. The van der Waals surface area contributed by atoms with Gasteiger partial charge < -0.3 is 4.74 Å². The summed E-state index contributed by atoms with van der Waals surface area (Å²) in [6.45, 7) is 8.78. The van der Waals surface area contributed by atoms with E-state index < -0.39 is 11.7 Å². The molecule has 0 aliphatic heterocycles. The molecule has 0 saturated carbocycles. The molecule has 96 valence electrons. The molecule has 6 nitrogen and oxygen atoms in total. The van der Waals surface area contributed by atoms with Gasteiger partial charge in [0.15, 0.2) is 0 Å². The molecule has 0 saturated heterocycles. The van der Waals surface area contributed by atoms with Crippen molar-refractivity contribution in [1.29, 1.82) is 0 Å². The fraction of sp³-hybridized carbons (Fsp3) is 0.636. The Balaban J connectivity index is 2.31. The Bertz CT molecular complexity index is 368. The fourth-order valence-corrected chi connectivity index (χ4v) is 1.31. The van der Waals surface area contributed by atoms with Crippen LogP contribution in [0.15, 0.2) is 12.3 Å². The summed E-state index contributed by atoms with van der Waals surface area (Å²) >= 11 is 0. The van der Waals surface area contributed by atoms with Crippen molar-refractivity contribution in [3.63, 3.8) is 0 Å². The van der Waals surface area contributed by atoms with E-state index >= 15 is 0 Å². The van der Waals surface area contributed by atoms with E-state index in [2.05, 4.69) is 16.0 Å². The molecule has 1 aromatic heterocycles. The highest BCUT2D eigenvalue weighted by Gasteiger charge is 2.15. The molecule has 0 atom stereocenters. The topological polar surface area (TPSA) is 68.2 Å². The van der Waals surface area contributed by atoms with Crippen LogP contribution >= 0.6 is 0 Å². The van der Waals surface area contributed by atoms with Gasteiger partial charge in [-0.1, -0.05) is 0 Å². The molecule has 0 aliphatic rings. The number of carbonyl (C=O) groups excluding carboxylic acids is 1. The quantitative estimate of drug-likeness (QED) is 0.781. The molecule has 0 aromatic carbocycles. The molecule has 1 amide bonds. The van der Waals surface area contributed by atoms with Gasteiger partial charge in [0.25, 0.3) is 0 Å². The summed E-state index contributed by atoms with van der Waals surface area (Å²) in [7, 11) is 0. The highest BCUT2D eigenvalue weighted by molar-refractivity contribution is 5.66. The summed E-state index contributed by atoms with van der Waals surface area (Å²) in [5.41, 5.74) is 5.79. The van der Waals surface area contributed by atoms with Gasteiger partial charge in [-0.15, -0.1) is 0 Å². The second-order valence-electron chi connectivity index (χ2n) is 4.62. The Hall–Kier alpha value is -1.56. The largest absolute Gasteiger partial charge is 0.443 e. The first kappa shape index (κ1) is 13.5. The average molecular weight is 240 g/mol. The van der Waals surface area contributed by atoms with Gasteiger partial charge in [-0.3, -0.25) is 10.1 Å². The molecule has 2 N–H and O–H groups in total. The van der Waals surface area contributed by atoms with Crippen molar-refractivity contribution < 1.29 is 9.53 Å². The van der Waals surface area contributed by atoms with Gasteiger partial charge in [-0.25, -0.2) is 10.2 Å². The molecule has 0 radical (unpaired) electrons. The van der Waals surface area contributed by atoms with Gasteiger partial charge in [0.05, 0.1) is 12.2 Å². The van der Waals surface area contributed by atoms with E-state index in [0.29, 0.717) is 6.54 Å². The number of hydrogen-bond acceptors (Lipinski definition) is 4. The number of rotatable bonds is 4. The minimum Gasteiger partial charge on any atom is -0.443 e. The van der Waals surface area contributed by atoms with Gasteiger partial charge in [0, 0.05) is 12.7 Å². The monoisotopic (exact) mass is 240 g/mol. The lowest BCUT2D eigenvalue weighted by Crippen LogP contribution is -2.41. The zero-order chi connectivity index (χ0) is 12.9. The third-order valence-corrected chi connectivity index (χ3v) is 1.96. The maximum atomic E-state index is 11.3. The molecule has 0 unspecified atom stereocenters. The molecule has 0 aliphatic carbocycles. The van der Waals surface area contributed by atoms with E-state index in [1.807, 2.05) is 38.4 Å². The maximum absolute atomic E-state index is 11.3. The highest BCUT2D eigenvalue weighted by Crippen LogP contribution is 2.06. The minimum absolute atomic E-state index is 0.486. The highest BCUT2D eigenvalue weighted by atomic mass is 16.6. The standard InChI is InChI=1S/C11H20N4O2/c1-5-15-9(6-7-13-15)8-12-14-10(16)17-11(2,3)4/h6-7,12H,5,8H2,1-4H3,(H,14,16). The molecular weight excluding hydrogens is 220 g/mol. The zero-order valence-corrected chi connectivity index (χ0v) is 10.8. The van der Waals surface area contributed by atoms with Crippen molar-refractivity contribution in [3.05, 3.63) is 18.0 Å². The van der Waals surface area contributed by atoms with E-state index in [-0.39, 0.29) is 0 Å². The van der Waals surface area contributed by atoms with Crippen LogP contribution < -0.4 is 10.9 Å². The summed E-state index contributed by atoms with van der Waals surface area (Å²) < 4.78 is 6.93. The first-order valence-corrected chi connectivity index (χ1v) is 5.65. The van der Waals surface area contributed by atoms with Crippen molar-refractivity contribution >= 4 is 6.09 Å². The Morgan fingerprint density at radius 3 is 2.82 bits per heavy atom. The predicted molar refractivity (Wildman–Crippen MR) is 64.1 cm³/mol. The number of nitrogens with one attached hydrogen (secondary N) is 2. The smallest absolute Gasteiger partial charge is 0.422 e. The third kappa shape index (κ3) is 4.86. The molecule has 1 heterocycles. The van der Waals surface area contributed by atoms with Crippen LogP contribution in [-0.4, -0.2) is 21.5 Å². The second kappa shape index (κ2) is 5.67. The zero-order valence-electron chi connectivity index (χ0n) is 10.8. The van der Waals surface area contributed by atoms with Crippen molar-refractivity contribution in [1.82, 2.24) is 20.6 Å². The van der Waals surface area contributed by atoms with Crippen LogP contribution in [0.1, 0.15) is 33.4 Å². The van der Waals surface area contributed by atoms with Crippen LogP contribution in [0.3, 0.4) is 0 Å². The summed E-state index contributed by atoms with van der Waals surface area (Å²) in [4.78, 5) is 11.3. The van der Waals surface area contributed by atoms with Crippen LogP contribution in [0.4, 0.5) is 4.79 Å². The van der Waals surface area contributed by atoms with Crippen LogP contribution in [0.25, 0.3) is 0 Å². The van der Waals surface area contributed by atoms with Gasteiger partial charge in [-0.2, -0.15) is 5.10 Å². The summed E-state index contributed by atoms with van der Waals surface area (Å²) in [5.74, 6) is 0. The number of aromatic nitrogens is 2. The molecular formula is C11H20N4O2. The number of aryl methyl sites for hydroxylation is 1. The molecule has 6 heteroatoms. The lowest BCUT2D eigenvalue weighted by molar-refractivity contribution is 0.0496. The molecule has 0 fully saturated rings. The normalized spacial score (nSPS) is 11.3.